The first kappa shape index (κ1) is 21.7. The lowest BCUT2D eigenvalue weighted by molar-refractivity contribution is -0.120. The van der Waals surface area contributed by atoms with E-state index in [0.29, 0.717) is 22.3 Å². The number of hydrogen-bond donors (Lipinski definition) is 1. The van der Waals surface area contributed by atoms with Gasteiger partial charge >= 0.3 is 0 Å². The van der Waals surface area contributed by atoms with Crippen LogP contribution in [0.2, 0.25) is 5.02 Å². The molecular weight excluding hydrogens is 434 g/mol. The normalized spacial score (nSPS) is 13.9. The van der Waals surface area contributed by atoms with Gasteiger partial charge in [0.1, 0.15) is 17.3 Å². The molecule has 7 heteroatoms. The third-order valence-corrected chi connectivity index (χ3v) is 5.73. The minimum atomic E-state index is -1.01. The van der Waals surface area contributed by atoms with Crippen LogP contribution in [-0.4, -0.2) is 11.8 Å². The molecule has 0 saturated heterocycles. The average molecular weight is 453 g/mol. The Morgan fingerprint density at radius 3 is 2.25 bits per heavy atom. The largest absolute Gasteiger partial charge is 0.350 e. The molecule has 4 nitrogen and oxygen atoms in total. The standard InChI is InChI=1S/C25H19ClF2N2O2/c1-13-4-8-18(15(3)10-13)22-23(29-17-7-5-14(2)19(26)12-17)25(32)30(24(22)31)21-9-6-16(27)11-20(21)28/h4-12,29H,1-3H3. The molecule has 1 N–H and O–H groups in total. The van der Waals surface area contributed by atoms with Gasteiger partial charge in [-0.3, -0.25) is 9.59 Å². The maximum Gasteiger partial charge on any atom is 0.282 e. The first-order valence-electron chi connectivity index (χ1n) is 9.86. The van der Waals surface area contributed by atoms with Crippen LogP contribution < -0.4 is 10.2 Å². The highest BCUT2D eigenvalue weighted by molar-refractivity contribution is 6.46. The Morgan fingerprint density at radius 1 is 0.844 bits per heavy atom. The Hall–Kier alpha value is -3.51. The van der Waals surface area contributed by atoms with Gasteiger partial charge in [0, 0.05) is 16.8 Å². The molecule has 0 unspecified atom stereocenters. The smallest absolute Gasteiger partial charge is 0.282 e. The molecule has 0 atom stereocenters. The third-order valence-electron chi connectivity index (χ3n) is 5.33. The number of imide groups is 1. The van der Waals surface area contributed by atoms with Crippen molar-refractivity contribution in [3.63, 3.8) is 0 Å². The van der Waals surface area contributed by atoms with Crippen LogP contribution in [0.4, 0.5) is 20.2 Å². The SMILES string of the molecule is Cc1ccc(C2=C(Nc3ccc(C)c(Cl)c3)C(=O)N(c3ccc(F)cc3F)C2=O)c(C)c1. The second-order valence-electron chi connectivity index (χ2n) is 7.70. The Morgan fingerprint density at radius 2 is 1.59 bits per heavy atom. The van der Waals surface area contributed by atoms with Crippen molar-refractivity contribution in [2.45, 2.75) is 20.8 Å². The summed E-state index contributed by atoms with van der Waals surface area (Å²) in [7, 11) is 0. The molecule has 1 aliphatic heterocycles. The molecule has 3 aromatic rings. The molecular formula is C25H19ClF2N2O2. The van der Waals surface area contributed by atoms with Gasteiger partial charge in [0.15, 0.2) is 0 Å². The molecule has 1 heterocycles. The number of carbonyl (C=O) groups is 2. The van der Waals surface area contributed by atoms with E-state index in [4.69, 9.17) is 11.6 Å². The van der Waals surface area contributed by atoms with E-state index in [0.717, 1.165) is 33.7 Å². The van der Waals surface area contributed by atoms with E-state index in [2.05, 4.69) is 5.32 Å². The Balaban J connectivity index is 1.88. The van der Waals surface area contributed by atoms with Crippen LogP contribution in [0.15, 0.2) is 60.3 Å². The number of amides is 2. The van der Waals surface area contributed by atoms with E-state index in [1.54, 1.807) is 24.3 Å². The molecule has 0 bridgehead atoms. The van der Waals surface area contributed by atoms with E-state index in [1.165, 1.54) is 0 Å². The molecule has 162 valence electrons. The van der Waals surface area contributed by atoms with Gasteiger partial charge in [-0.15, -0.1) is 0 Å². The van der Waals surface area contributed by atoms with E-state index in [-0.39, 0.29) is 17.0 Å². The van der Waals surface area contributed by atoms with Crippen molar-refractivity contribution in [1.82, 2.24) is 0 Å². The summed E-state index contributed by atoms with van der Waals surface area (Å²) >= 11 is 6.22. The van der Waals surface area contributed by atoms with E-state index < -0.39 is 23.4 Å². The van der Waals surface area contributed by atoms with Gasteiger partial charge in [0.25, 0.3) is 11.8 Å². The molecule has 2 amide bonds. The van der Waals surface area contributed by atoms with Crippen molar-refractivity contribution in [2.24, 2.45) is 0 Å². The van der Waals surface area contributed by atoms with Crippen LogP contribution in [0.3, 0.4) is 0 Å². The highest BCUT2D eigenvalue weighted by Gasteiger charge is 2.41. The molecule has 4 rings (SSSR count). The molecule has 32 heavy (non-hydrogen) atoms. The van der Waals surface area contributed by atoms with Crippen LogP contribution in [0.25, 0.3) is 5.57 Å². The number of nitrogens with one attached hydrogen (secondary N) is 1. The Labute approximate surface area is 189 Å². The molecule has 0 radical (unpaired) electrons. The number of rotatable bonds is 4. The second-order valence-corrected chi connectivity index (χ2v) is 8.11. The van der Waals surface area contributed by atoms with Crippen molar-refractivity contribution >= 4 is 40.4 Å². The summed E-state index contributed by atoms with van der Waals surface area (Å²) in [6.45, 7) is 5.59. The quantitative estimate of drug-likeness (QED) is 0.498. The minimum Gasteiger partial charge on any atom is -0.350 e. The first-order chi connectivity index (χ1) is 15.2. The van der Waals surface area contributed by atoms with Gasteiger partial charge in [0.05, 0.1) is 11.3 Å². The van der Waals surface area contributed by atoms with Crippen LogP contribution in [0.1, 0.15) is 22.3 Å². The fraction of sp³-hybridized carbons (Fsp3) is 0.120. The summed E-state index contributed by atoms with van der Waals surface area (Å²) in [4.78, 5) is 27.5. The van der Waals surface area contributed by atoms with Crippen LogP contribution in [0.5, 0.6) is 0 Å². The van der Waals surface area contributed by atoms with Crippen molar-refractivity contribution in [1.29, 1.82) is 0 Å². The van der Waals surface area contributed by atoms with Crippen molar-refractivity contribution in [3.05, 3.63) is 99.2 Å². The average Bonchev–Trinajstić information content (AvgIpc) is 2.95. The van der Waals surface area contributed by atoms with Gasteiger partial charge in [0.2, 0.25) is 0 Å². The molecule has 0 fully saturated rings. The molecule has 0 aromatic heterocycles. The monoisotopic (exact) mass is 452 g/mol. The highest BCUT2D eigenvalue weighted by Crippen LogP contribution is 2.36. The fourth-order valence-electron chi connectivity index (χ4n) is 3.69. The summed E-state index contributed by atoms with van der Waals surface area (Å²) in [5.74, 6) is -3.26. The molecule has 0 aliphatic carbocycles. The van der Waals surface area contributed by atoms with Crippen LogP contribution in [0, 0.1) is 32.4 Å². The molecule has 1 aliphatic rings. The number of hydrogen-bond acceptors (Lipinski definition) is 3. The van der Waals surface area contributed by atoms with Crippen molar-refractivity contribution < 1.29 is 18.4 Å². The van der Waals surface area contributed by atoms with E-state index in [1.807, 2.05) is 32.9 Å². The predicted molar refractivity (Wildman–Crippen MR) is 121 cm³/mol. The summed E-state index contributed by atoms with van der Waals surface area (Å²) in [6, 6.07) is 13.3. The Kier molecular flexibility index (Phi) is 5.57. The topological polar surface area (TPSA) is 49.4 Å². The number of aryl methyl sites for hydroxylation is 3. The summed E-state index contributed by atoms with van der Waals surface area (Å²) in [5.41, 5.74) is 3.44. The number of halogens is 3. The second kappa shape index (κ2) is 8.20. The molecule has 3 aromatic carbocycles. The lowest BCUT2D eigenvalue weighted by atomic mass is 9.97. The number of benzene rings is 3. The zero-order chi connectivity index (χ0) is 23.2. The maximum atomic E-state index is 14.5. The van der Waals surface area contributed by atoms with E-state index >= 15 is 0 Å². The van der Waals surface area contributed by atoms with Gasteiger partial charge in [-0.05, 0) is 61.7 Å². The zero-order valence-electron chi connectivity index (χ0n) is 17.6. The lowest BCUT2D eigenvalue weighted by Crippen LogP contribution is -2.33. The predicted octanol–water partition coefficient (Wildman–Crippen LogP) is 5.94. The van der Waals surface area contributed by atoms with Gasteiger partial charge in [-0.1, -0.05) is 41.4 Å². The molecule has 0 saturated carbocycles. The van der Waals surface area contributed by atoms with Crippen molar-refractivity contribution in [3.8, 4) is 0 Å². The first-order valence-corrected chi connectivity index (χ1v) is 10.2. The van der Waals surface area contributed by atoms with Gasteiger partial charge < -0.3 is 5.32 Å². The number of carbonyl (C=O) groups excluding carboxylic acids is 2. The summed E-state index contributed by atoms with van der Waals surface area (Å²) in [6.07, 6.45) is 0. The third kappa shape index (κ3) is 3.78. The fourth-order valence-corrected chi connectivity index (χ4v) is 3.87. The summed E-state index contributed by atoms with van der Waals surface area (Å²) in [5, 5.41) is 3.48. The molecule has 0 spiro atoms. The van der Waals surface area contributed by atoms with Crippen LogP contribution in [-0.2, 0) is 9.59 Å². The zero-order valence-corrected chi connectivity index (χ0v) is 18.3. The number of anilines is 2. The van der Waals surface area contributed by atoms with Crippen molar-refractivity contribution in [2.75, 3.05) is 10.2 Å². The highest BCUT2D eigenvalue weighted by atomic mass is 35.5. The van der Waals surface area contributed by atoms with Gasteiger partial charge in [-0.2, -0.15) is 0 Å². The van der Waals surface area contributed by atoms with Gasteiger partial charge in [-0.25, -0.2) is 13.7 Å². The summed E-state index contributed by atoms with van der Waals surface area (Å²) < 4.78 is 28.0. The van der Waals surface area contributed by atoms with E-state index in [9.17, 15) is 18.4 Å². The number of nitrogens with zero attached hydrogens (tertiary/aromatic N) is 1. The van der Waals surface area contributed by atoms with Crippen LogP contribution >= 0.6 is 11.6 Å². The lowest BCUT2D eigenvalue weighted by Gasteiger charge is -2.16. The Bertz CT molecular complexity index is 1320. The minimum absolute atomic E-state index is 0.00871. The maximum absolute atomic E-state index is 14.5.